The summed E-state index contributed by atoms with van der Waals surface area (Å²) < 4.78 is 5.44. The second-order valence-corrected chi connectivity index (χ2v) is 4.88. The zero-order valence-corrected chi connectivity index (χ0v) is 10.9. The first-order valence-electron chi connectivity index (χ1n) is 5.98. The molecule has 0 saturated heterocycles. The summed E-state index contributed by atoms with van der Waals surface area (Å²) >= 11 is 0. The largest absolute Gasteiger partial charge is 0.437 e. The topological polar surface area (TPSA) is 75.4 Å². The molecule has 1 aromatic heterocycles. The molecule has 1 aromatic carbocycles. The van der Waals surface area contributed by atoms with Crippen LogP contribution < -0.4 is 5.32 Å². The fraction of sp³-hybridized carbons (Fsp3) is 0.286. The highest BCUT2D eigenvalue weighted by atomic mass is 16.3. The van der Waals surface area contributed by atoms with Crippen molar-refractivity contribution >= 4 is 23.1 Å². The van der Waals surface area contributed by atoms with Crippen LogP contribution in [0.1, 0.15) is 19.7 Å². The molecule has 0 saturated carbocycles. The van der Waals surface area contributed by atoms with E-state index in [9.17, 15) is 9.90 Å². The van der Waals surface area contributed by atoms with Crippen LogP contribution in [0.4, 0.5) is 0 Å². The van der Waals surface area contributed by atoms with Crippen LogP contribution in [0.25, 0.3) is 17.2 Å². The van der Waals surface area contributed by atoms with Crippen molar-refractivity contribution in [2.75, 3.05) is 6.54 Å². The summed E-state index contributed by atoms with van der Waals surface area (Å²) in [7, 11) is 0. The minimum atomic E-state index is -0.929. The molecular weight excluding hydrogens is 244 g/mol. The van der Waals surface area contributed by atoms with Gasteiger partial charge in [-0.1, -0.05) is 12.1 Å². The third-order valence-electron chi connectivity index (χ3n) is 2.38. The van der Waals surface area contributed by atoms with Crippen molar-refractivity contribution in [1.82, 2.24) is 10.3 Å². The highest BCUT2D eigenvalue weighted by molar-refractivity contribution is 5.91. The molecular formula is C14H16N2O3. The van der Waals surface area contributed by atoms with Crippen molar-refractivity contribution in [3.8, 4) is 0 Å². The van der Waals surface area contributed by atoms with Crippen molar-refractivity contribution in [1.29, 1.82) is 0 Å². The van der Waals surface area contributed by atoms with Crippen LogP contribution >= 0.6 is 0 Å². The highest BCUT2D eigenvalue weighted by Gasteiger charge is 2.12. The predicted octanol–water partition coefficient (Wildman–Crippen LogP) is 1.73. The molecule has 0 aliphatic heterocycles. The van der Waals surface area contributed by atoms with Crippen LogP contribution in [0.15, 0.2) is 34.8 Å². The van der Waals surface area contributed by atoms with Gasteiger partial charge >= 0.3 is 0 Å². The number of nitrogens with one attached hydrogen (secondary N) is 1. The number of benzene rings is 1. The number of nitrogens with zero attached hydrogens (tertiary/aromatic N) is 1. The molecule has 0 aliphatic rings. The number of rotatable bonds is 4. The molecule has 0 fully saturated rings. The molecule has 1 heterocycles. The van der Waals surface area contributed by atoms with Gasteiger partial charge in [-0.2, -0.15) is 0 Å². The Bertz CT molecular complexity index is 575. The van der Waals surface area contributed by atoms with E-state index in [1.165, 1.54) is 12.2 Å². The predicted molar refractivity (Wildman–Crippen MR) is 72.4 cm³/mol. The number of carbonyl (C=O) groups is 1. The minimum Gasteiger partial charge on any atom is -0.437 e. The van der Waals surface area contributed by atoms with Gasteiger partial charge in [-0.25, -0.2) is 4.98 Å². The lowest BCUT2D eigenvalue weighted by molar-refractivity contribution is -0.117. The van der Waals surface area contributed by atoms with Crippen LogP contribution in [0.5, 0.6) is 0 Å². The summed E-state index contributed by atoms with van der Waals surface area (Å²) in [6.45, 7) is 3.43. The number of fused-ring (bicyclic) bond motifs is 1. The average molecular weight is 260 g/mol. The standard InChI is InChI=1S/C14H16N2O3/c1-14(2,18)9-15-12(17)7-8-13-16-10-5-3-4-6-11(10)19-13/h3-8,18H,9H2,1-2H3,(H,15,17). The van der Waals surface area contributed by atoms with Crippen LogP contribution in [-0.4, -0.2) is 28.1 Å². The number of oxazole rings is 1. The third kappa shape index (κ3) is 3.93. The summed E-state index contributed by atoms with van der Waals surface area (Å²) in [6, 6.07) is 7.38. The van der Waals surface area contributed by atoms with Gasteiger partial charge in [0.15, 0.2) is 5.58 Å². The van der Waals surface area contributed by atoms with E-state index in [4.69, 9.17) is 4.42 Å². The highest BCUT2D eigenvalue weighted by Crippen LogP contribution is 2.15. The van der Waals surface area contributed by atoms with Gasteiger partial charge in [-0.3, -0.25) is 4.79 Å². The van der Waals surface area contributed by atoms with Gasteiger partial charge in [0.2, 0.25) is 11.8 Å². The fourth-order valence-corrected chi connectivity index (χ4v) is 1.47. The number of carbonyl (C=O) groups excluding carboxylic acids is 1. The summed E-state index contributed by atoms with van der Waals surface area (Å²) in [5, 5.41) is 12.1. The van der Waals surface area contributed by atoms with Crippen LogP contribution in [0.3, 0.4) is 0 Å². The van der Waals surface area contributed by atoms with Gasteiger partial charge in [-0.15, -0.1) is 0 Å². The molecule has 100 valence electrons. The molecule has 2 aromatic rings. The van der Waals surface area contributed by atoms with E-state index in [0.717, 1.165) is 5.52 Å². The summed E-state index contributed by atoms with van der Waals surface area (Å²) in [5.41, 5.74) is 0.499. The van der Waals surface area contributed by atoms with E-state index in [1.807, 2.05) is 24.3 Å². The van der Waals surface area contributed by atoms with Crippen LogP contribution in [0.2, 0.25) is 0 Å². The Kier molecular flexibility index (Phi) is 3.66. The van der Waals surface area contributed by atoms with Crippen molar-refractivity contribution in [2.45, 2.75) is 19.4 Å². The number of hydrogen-bond acceptors (Lipinski definition) is 4. The molecule has 2 N–H and O–H groups in total. The molecule has 5 nitrogen and oxygen atoms in total. The van der Waals surface area contributed by atoms with Crippen molar-refractivity contribution in [2.24, 2.45) is 0 Å². The number of amides is 1. The van der Waals surface area contributed by atoms with E-state index >= 15 is 0 Å². The van der Waals surface area contributed by atoms with Crippen LogP contribution in [0, 0.1) is 0 Å². The maximum absolute atomic E-state index is 11.5. The Hall–Kier alpha value is -2.14. The average Bonchev–Trinajstić information content (AvgIpc) is 2.75. The maximum Gasteiger partial charge on any atom is 0.244 e. The van der Waals surface area contributed by atoms with E-state index in [-0.39, 0.29) is 12.5 Å². The molecule has 0 spiro atoms. The van der Waals surface area contributed by atoms with Gasteiger partial charge in [0.05, 0.1) is 5.60 Å². The monoisotopic (exact) mass is 260 g/mol. The van der Waals surface area contributed by atoms with Gasteiger partial charge in [0, 0.05) is 18.7 Å². The lowest BCUT2D eigenvalue weighted by Crippen LogP contribution is -2.37. The number of aromatic nitrogens is 1. The SMILES string of the molecule is CC(C)(O)CNC(=O)C=Cc1nc2ccccc2o1. The minimum absolute atomic E-state index is 0.184. The fourth-order valence-electron chi connectivity index (χ4n) is 1.47. The molecule has 0 aliphatic carbocycles. The van der Waals surface area contributed by atoms with Gasteiger partial charge in [0.25, 0.3) is 0 Å². The molecule has 1 amide bonds. The maximum atomic E-state index is 11.5. The number of hydrogen-bond donors (Lipinski definition) is 2. The lowest BCUT2D eigenvalue weighted by atomic mass is 10.1. The van der Waals surface area contributed by atoms with E-state index in [1.54, 1.807) is 13.8 Å². The summed E-state index contributed by atoms with van der Waals surface area (Å²) in [5.74, 6) is 0.0731. The Labute approximate surface area is 110 Å². The van der Waals surface area contributed by atoms with E-state index in [2.05, 4.69) is 10.3 Å². The van der Waals surface area contributed by atoms with Crippen molar-refractivity contribution in [3.63, 3.8) is 0 Å². The third-order valence-corrected chi connectivity index (χ3v) is 2.38. The molecule has 0 unspecified atom stereocenters. The molecule has 2 rings (SSSR count). The normalized spacial score (nSPS) is 12.2. The van der Waals surface area contributed by atoms with Crippen molar-refractivity contribution < 1.29 is 14.3 Å². The van der Waals surface area contributed by atoms with E-state index < -0.39 is 5.60 Å². The van der Waals surface area contributed by atoms with Crippen molar-refractivity contribution in [3.05, 3.63) is 36.2 Å². The molecule has 0 atom stereocenters. The quantitative estimate of drug-likeness (QED) is 0.821. The zero-order valence-electron chi connectivity index (χ0n) is 10.9. The summed E-state index contributed by atoms with van der Waals surface area (Å²) in [6.07, 6.45) is 2.83. The molecule has 0 radical (unpaired) electrons. The molecule has 0 bridgehead atoms. The smallest absolute Gasteiger partial charge is 0.244 e. The van der Waals surface area contributed by atoms with E-state index in [0.29, 0.717) is 11.5 Å². The lowest BCUT2D eigenvalue weighted by Gasteiger charge is -2.16. The zero-order chi connectivity index (χ0) is 13.9. The summed E-state index contributed by atoms with van der Waals surface area (Å²) in [4.78, 5) is 15.7. The number of para-hydroxylation sites is 2. The number of aliphatic hydroxyl groups is 1. The Morgan fingerprint density at radius 1 is 1.47 bits per heavy atom. The second kappa shape index (κ2) is 5.24. The Balaban J connectivity index is 2.00. The Morgan fingerprint density at radius 3 is 2.89 bits per heavy atom. The Morgan fingerprint density at radius 2 is 2.21 bits per heavy atom. The van der Waals surface area contributed by atoms with Gasteiger partial charge in [-0.05, 0) is 26.0 Å². The second-order valence-electron chi connectivity index (χ2n) is 4.88. The first kappa shape index (κ1) is 13.3. The van der Waals surface area contributed by atoms with Crippen LogP contribution in [-0.2, 0) is 4.79 Å². The van der Waals surface area contributed by atoms with Gasteiger partial charge < -0.3 is 14.8 Å². The first-order chi connectivity index (χ1) is 8.94. The van der Waals surface area contributed by atoms with Gasteiger partial charge in [0.1, 0.15) is 5.52 Å². The molecule has 5 heteroatoms. The first-order valence-corrected chi connectivity index (χ1v) is 5.98. The molecule has 19 heavy (non-hydrogen) atoms.